The maximum atomic E-state index is 5.81. The molecule has 0 radical (unpaired) electrons. The summed E-state index contributed by atoms with van der Waals surface area (Å²) in [5.41, 5.74) is 0. The number of hydrogen-bond donors (Lipinski definition) is 1. The molecule has 0 spiro atoms. The van der Waals surface area contributed by atoms with E-state index in [2.05, 4.69) is 22.3 Å². The first kappa shape index (κ1) is 10.4. The molecule has 2 atom stereocenters. The van der Waals surface area contributed by atoms with Gasteiger partial charge in [0, 0.05) is 12.6 Å². The Bertz CT molecular complexity index is 361. The molecule has 1 N–H and O–H groups in total. The van der Waals surface area contributed by atoms with Crippen LogP contribution in [0.15, 0.2) is 16.5 Å². The maximum absolute atomic E-state index is 5.81. The van der Waals surface area contributed by atoms with Gasteiger partial charge in [0.15, 0.2) is 0 Å². The van der Waals surface area contributed by atoms with E-state index in [1.165, 1.54) is 25.8 Å². The average Bonchev–Trinajstić information content (AvgIpc) is 2.85. The molecule has 0 amide bonds. The average molecular weight is 220 g/mol. The minimum absolute atomic E-state index is 0.448. The number of furan rings is 1. The lowest BCUT2D eigenvalue weighted by molar-refractivity contribution is 0.169. The van der Waals surface area contributed by atoms with Crippen LogP contribution in [0.4, 0.5) is 0 Å². The molecule has 2 aliphatic rings. The number of fused-ring (bicyclic) bond motifs is 1. The van der Waals surface area contributed by atoms with Gasteiger partial charge in [0.2, 0.25) is 0 Å². The number of hydrogen-bond acceptors (Lipinski definition) is 3. The van der Waals surface area contributed by atoms with Crippen LogP contribution in [0.1, 0.15) is 36.8 Å². The van der Waals surface area contributed by atoms with E-state index in [1.807, 2.05) is 6.92 Å². The van der Waals surface area contributed by atoms with Crippen LogP contribution in [0.2, 0.25) is 0 Å². The number of aryl methyl sites for hydroxylation is 1. The van der Waals surface area contributed by atoms with E-state index in [0.29, 0.717) is 6.04 Å². The highest BCUT2D eigenvalue weighted by atomic mass is 16.3. The molecule has 88 valence electrons. The van der Waals surface area contributed by atoms with Gasteiger partial charge in [0.25, 0.3) is 0 Å². The summed E-state index contributed by atoms with van der Waals surface area (Å²) in [7, 11) is 0. The van der Waals surface area contributed by atoms with Crippen molar-refractivity contribution in [2.24, 2.45) is 0 Å². The van der Waals surface area contributed by atoms with Crippen LogP contribution in [0.5, 0.6) is 0 Å². The van der Waals surface area contributed by atoms with E-state index in [-0.39, 0.29) is 0 Å². The monoisotopic (exact) mass is 220 g/mol. The Morgan fingerprint density at radius 1 is 1.38 bits per heavy atom. The molecule has 2 fully saturated rings. The third kappa shape index (κ3) is 1.78. The molecule has 3 rings (SSSR count). The van der Waals surface area contributed by atoms with Gasteiger partial charge in [-0.25, -0.2) is 0 Å². The summed E-state index contributed by atoms with van der Waals surface area (Å²) in [5, 5.41) is 3.53. The fourth-order valence-corrected chi connectivity index (χ4v) is 3.10. The van der Waals surface area contributed by atoms with E-state index < -0.39 is 0 Å². The second-order valence-electron chi connectivity index (χ2n) is 4.99. The van der Waals surface area contributed by atoms with Crippen molar-refractivity contribution in [3.63, 3.8) is 0 Å². The van der Waals surface area contributed by atoms with Crippen molar-refractivity contribution in [2.45, 2.75) is 38.3 Å². The Morgan fingerprint density at radius 2 is 2.31 bits per heavy atom. The van der Waals surface area contributed by atoms with E-state index in [0.717, 1.165) is 30.7 Å². The van der Waals surface area contributed by atoms with Crippen LogP contribution in [0.3, 0.4) is 0 Å². The highest BCUT2D eigenvalue weighted by Crippen LogP contribution is 2.32. The van der Waals surface area contributed by atoms with Crippen molar-refractivity contribution in [3.8, 4) is 0 Å². The lowest BCUT2D eigenvalue weighted by Crippen LogP contribution is -2.34. The van der Waals surface area contributed by atoms with Crippen molar-refractivity contribution in [1.29, 1.82) is 0 Å². The van der Waals surface area contributed by atoms with Crippen molar-refractivity contribution in [3.05, 3.63) is 23.7 Å². The summed E-state index contributed by atoms with van der Waals surface area (Å²) in [5.74, 6) is 2.16. The molecule has 0 saturated carbocycles. The lowest BCUT2D eigenvalue weighted by atomic mass is 10.1. The summed E-state index contributed by atoms with van der Waals surface area (Å²) in [6.45, 7) is 5.44. The fraction of sp³-hybridized carbons (Fsp3) is 0.692. The van der Waals surface area contributed by atoms with Gasteiger partial charge in [-0.2, -0.15) is 0 Å². The Balaban J connectivity index is 1.86. The highest BCUT2D eigenvalue weighted by Gasteiger charge is 2.34. The molecule has 1 aromatic rings. The van der Waals surface area contributed by atoms with Crippen molar-refractivity contribution < 1.29 is 4.42 Å². The zero-order valence-electron chi connectivity index (χ0n) is 9.91. The van der Waals surface area contributed by atoms with Gasteiger partial charge < -0.3 is 9.73 Å². The van der Waals surface area contributed by atoms with E-state index in [9.17, 15) is 0 Å². The van der Waals surface area contributed by atoms with Crippen LogP contribution in [-0.2, 0) is 0 Å². The Labute approximate surface area is 96.8 Å². The van der Waals surface area contributed by atoms with E-state index >= 15 is 0 Å². The molecule has 2 aliphatic heterocycles. The van der Waals surface area contributed by atoms with Gasteiger partial charge in [0.1, 0.15) is 11.5 Å². The smallest absolute Gasteiger partial charge is 0.122 e. The predicted molar refractivity (Wildman–Crippen MR) is 63.4 cm³/mol. The van der Waals surface area contributed by atoms with Crippen molar-refractivity contribution >= 4 is 0 Å². The fourth-order valence-electron chi connectivity index (χ4n) is 3.10. The summed E-state index contributed by atoms with van der Waals surface area (Å²) >= 11 is 0. The maximum Gasteiger partial charge on any atom is 0.122 e. The largest absolute Gasteiger partial charge is 0.465 e. The third-order valence-corrected chi connectivity index (χ3v) is 3.90. The predicted octanol–water partition coefficient (Wildman–Crippen LogP) is 2.09. The molecule has 2 saturated heterocycles. The third-order valence-electron chi connectivity index (χ3n) is 3.90. The summed E-state index contributed by atoms with van der Waals surface area (Å²) in [6, 6.07) is 5.43. The zero-order chi connectivity index (χ0) is 11.0. The first-order valence-corrected chi connectivity index (χ1v) is 6.37. The SMILES string of the molecule is Cc1ccc(C2CNCCC3CCCN32)o1. The molecule has 3 heterocycles. The highest BCUT2D eigenvalue weighted by molar-refractivity contribution is 5.12. The molecule has 3 heteroatoms. The van der Waals surface area contributed by atoms with Gasteiger partial charge in [-0.15, -0.1) is 0 Å². The first-order valence-electron chi connectivity index (χ1n) is 6.37. The molecule has 1 aromatic heterocycles. The van der Waals surface area contributed by atoms with E-state index in [4.69, 9.17) is 4.42 Å². The normalized spacial score (nSPS) is 31.3. The topological polar surface area (TPSA) is 28.4 Å². The van der Waals surface area contributed by atoms with Crippen LogP contribution in [0.25, 0.3) is 0 Å². The summed E-state index contributed by atoms with van der Waals surface area (Å²) < 4.78 is 5.81. The zero-order valence-corrected chi connectivity index (χ0v) is 9.91. The summed E-state index contributed by atoms with van der Waals surface area (Å²) in [6.07, 6.45) is 3.99. The molecule has 0 aromatic carbocycles. The molecule has 2 unspecified atom stereocenters. The molecule has 0 aliphatic carbocycles. The number of nitrogens with zero attached hydrogens (tertiary/aromatic N) is 1. The van der Waals surface area contributed by atoms with Crippen LogP contribution >= 0.6 is 0 Å². The molecule has 16 heavy (non-hydrogen) atoms. The minimum Gasteiger partial charge on any atom is -0.465 e. The van der Waals surface area contributed by atoms with Gasteiger partial charge in [-0.05, 0) is 51.4 Å². The molecular formula is C13H20N2O. The Morgan fingerprint density at radius 3 is 3.12 bits per heavy atom. The van der Waals surface area contributed by atoms with Crippen molar-refractivity contribution in [1.82, 2.24) is 10.2 Å². The second kappa shape index (κ2) is 4.22. The van der Waals surface area contributed by atoms with Crippen LogP contribution in [-0.4, -0.2) is 30.6 Å². The number of nitrogens with one attached hydrogen (secondary N) is 1. The number of rotatable bonds is 1. The molecule has 0 bridgehead atoms. The van der Waals surface area contributed by atoms with Crippen LogP contribution in [0, 0.1) is 6.92 Å². The van der Waals surface area contributed by atoms with Gasteiger partial charge in [-0.3, -0.25) is 4.90 Å². The molecular weight excluding hydrogens is 200 g/mol. The lowest BCUT2D eigenvalue weighted by Gasteiger charge is -2.28. The Kier molecular flexibility index (Phi) is 2.74. The second-order valence-corrected chi connectivity index (χ2v) is 4.99. The van der Waals surface area contributed by atoms with Crippen molar-refractivity contribution in [2.75, 3.05) is 19.6 Å². The van der Waals surface area contributed by atoms with Gasteiger partial charge in [0.05, 0.1) is 6.04 Å². The minimum atomic E-state index is 0.448. The van der Waals surface area contributed by atoms with Gasteiger partial charge >= 0.3 is 0 Å². The van der Waals surface area contributed by atoms with Gasteiger partial charge in [-0.1, -0.05) is 0 Å². The van der Waals surface area contributed by atoms with E-state index in [1.54, 1.807) is 0 Å². The standard InChI is InChI=1S/C13H20N2O/c1-10-4-5-13(16-10)12-9-14-7-6-11-3-2-8-15(11)12/h4-5,11-12,14H,2-3,6-9H2,1H3. The Hall–Kier alpha value is -0.800. The summed E-state index contributed by atoms with van der Waals surface area (Å²) in [4.78, 5) is 2.64. The first-order chi connectivity index (χ1) is 7.84. The van der Waals surface area contributed by atoms with Crippen LogP contribution < -0.4 is 5.32 Å². The molecule has 3 nitrogen and oxygen atoms in total. The quantitative estimate of drug-likeness (QED) is 0.785.